The molecule has 0 aliphatic rings. The lowest BCUT2D eigenvalue weighted by Crippen LogP contribution is -2.30. The predicted octanol–water partition coefficient (Wildman–Crippen LogP) is 1.55. The van der Waals surface area contributed by atoms with Crippen LogP contribution in [0.1, 0.15) is 26.7 Å². The average molecular weight is 208 g/mol. The van der Waals surface area contributed by atoms with Crippen LogP contribution in [0.15, 0.2) is 0 Å². The second kappa shape index (κ2) is 8.32. The van der Waals surface area contributed by atoms with Crippen molar-refractivity contribution in [2.45, 2.75) is 32.1 Å². The molecular weight excluding hydrogens is 190 g/mol. The molecular formula is C9H18ClNO2. The Labute approximate surface area is 84.8 Å². The van der Waals surface area contributed by atoms with Crippen LogP contribution in [0.25, 0.3) is 0 Å². The highest BCUT2D eigenvalue weighted by Gasteiger charge is 2.06. The first-order chi connectivity index (χ1) is 6.18. The third-order valence-electron chi connectivity index (χ3n) is 1.58. The molecule has 0 saturated heterocycles. The zero-order valence-corrected chi connectivity index (χ0v) is 9.06. The highest BCUT2D eigenvalue weighted by molar-refractivity contribution is 6.30. The van der Waals surface area contributed by atoms with E-state index in [-0.39, 0.29) is 5.91 Å². The molecule has 0 aliphatic heterocycles. The molecule has 78 valence electrons. The van der Waals surface area contributed by atoms with Crippen molar-refractivity contribution in [3.05, 3.63) is 0 Å². The zero-order valence-electron chi connectivity index (χ0n) is 8.31. The highest BCUT2D eigenvalue weighted by atomic mass is 35.5. The molecule has 4 heteroatoms. The molecule has 0 radical (unpaired) electrons. The third kappa shape index (κ3) is 8.06. The molecule has 0 heterocycles. The van der Waals surface area contributed by atoms with Crippen LogP contribution in [0.4, 0.5) is 0 Å². The summed E-state index contributed by atoms with van der Waals surface area (Å²) in [6.07, 6.45) is 1.92. The monoisotopic (exact) mass is 207 g/mol. The molecule has 0 aliphatic carbocycles. The summed E-state index contributed by atoms with van der Waals surface area (Å²) in [5.74, 6) is -0.0990. The van der Waals surface area contributed by atoms with Crippen molar-refractivity contribution >= 4 is 17.5 Å². The van der Waals surface area contributed by atoms with Gasteiger partial charge in [0.15, 0.2) is 0 Å². The normalized spacial score (nSPS) is 12.5. The molecule has 0 aromatic rings. The van der Waals surface area contributed by atoms with Crippen LogP contribution in [-0.2, 0) is 9.53 Å². The first kappa shape index (κ1) is 12.7. The Morgan fingerprint density at radius 2 is 2.23 bits per heavy atom. The maximum atomic E-state index is 11.0. The summed E-state index contributed by atoms with van der Waals surface area (Å²) in [5.41, 5.74) is 0. The zero-order chi connectivity index (χ0) is 10.1. The number of carbonyl (C=O) groups excluding carboxylic acids is 1. The number of carbonyl (C=O) groups is 1. The van der Waals surface area contributed by atoms with E-state index in [0.717, 1.165) is 26.1 Å². The highest BCUT2D eigenvalue weighted by Crippen LogP contribution is 1.93. The lowest BCUT2D eigenvalue weighted by Gasteiger charge is -2.05. The molecule has 3 nitrogen and oxygen atoms in total. The fourth-order valence-corrected chi connectivity index (χ4v) is 0.903. The second-order valence-corrected chi connectivity index (χ2v) is 3.47. The number of amides is 1. The number of unbranched alkanes of at least 4 members (excludes halogenated alkanes) is 1. The fraction of sp³-hybridized carbons (Fsp3) is 0.889. The lowest BCUT2D eigenvalue weighted by atomic mass is 10.3. The van der Waals surface area contributed by atoms with Gasteiger partial charge in [0.05, 0.1) is 0 Å². The van der Waals surface area contributed by atoms with E-state index in [2.05, 4.69) is 5.32 Å². The number of alkyl halides is 1. The van der Waals surface area contributed by atoms with Crippen molar-refractivity contribution in [2.75, 3.05) is 19.8 Å². The van der Waals surface area contributed by atoms with Crippen molar-refractivity contribution in [2.24, 2.45) is 0 Å². The van der Waals surface area contributed by atoms with Crippen LogP contribution >= 0.6 is 11.6 Å². The maximum Gasteiger partial charge on any atom is 0.237 e. The first-order valence-electron chi connectivity index (χ1n) is 4.68. The van der Waals surface area contributed by atoms with Crippen molar-refractivity contribution in [3.8, 4) is 0 Å². The number of hydrogen-bond acceptors (Lipinski definition) is 2. The molecule has 1 N–H and O–H groups in total. The number of ether oxygens (including phenoxy) is 1. The van der Waals surface area contributed by atoms with Crippen molar-refractivity contribution in [1.29, 1.82) is 0 Å². The number of nitrogens with one attached hydrogen (secondary N) is 1. The topological polar surface area (TPSA) is 38.3 Å². The van der Waals surface area contributed by atoms with Gasteiger partial charge in [0.1, 0.15) is 5.38 Å². The van der Waals surface area contributed by atoms with E-state index in [1.807, 2.05) is 6.92 Å². The van der Waals surface area contributed by atoms with Gasteiger partial charge in [0, 0.05) is 19.8 Å². The summed E-state index contributed by atoms with van der Waals surface area (Å²) in [4.78, 5) is 11.0. The Morgan fingerprint density at radius 3 is 2.77 bits per heavy atom. The molecule has 0 aromatic heterocycles. The van der Waals surface area contributed by atoms with E-state index in [1.165, 1.54) is 0 Å². The van der Waals surface area contributed by atoms with Crippen LogP contribution in [0.5, 0.6) is 0 Å². The summed E-state index contributed by atoms with van der Waals surface area (Å²) < 4.78 is 5.15. The fourth-order valence-electron chi connectivity index (χ4n) is 0.826. The van der Waals surface area contributed by atoms with Crippen molar-refractivity contribution < 1.29 is 9.53 Å². The number of halogens is 1. The van der Waals surface area contributed by atoms with E-state index in [0.29, 0.717) is 6.54 Å². The summed E-state index contributed by atoms with van der Waals surface area (Å²) in [6, 6.07) is 0. The average Bonchev–Trinajstić information content (AvgIpc) is 2.10. The van der Waals surface area contributed by atoms with Gasteiger partial charge >= 0.3 is 0 Å². The van der Waals surface area contributed by atoms with Crippen LogP contribution in [-0.4, -0.2) is 31.0 Å². The van der Waals surface area contributed by atoms with Crippen LogP contribution < -0.4 is 5.32 Å². The standard InChI is InChI=1S/C9H18ClNO2/c1-3-13-7-5-4-6-11-9(12)8(2)10/h8H,3-7H2,1-2H3,(H,11,12). The van der Waals surface area contributed by atoms with E-state index in [4.69, 9.17) is 16.3 Å². The van der Waals surface area contributed by atoms with Crippen LogP contribution in [0.3, 0.4) is 0 Å². The molecule has 0 rings (SSSR count). The Hall–Kier alpha value is -0.280. The minimum atomic E-state index is -0.438. The number of rotatable bonds is 7. The largest absolute Gasteiger partial charge is 0.382 e. The van der Waals surface area contributed by atoms with Gasteiger partial charge in [-0.05, 0) is 26.7 Å². The lowest BCUT2D eigenvalue weighted by molar-refractivity contribution is -0.120. The van der Waals surface area contributed by atoms with E-state index >= 15 is 0 Å². The molecule has 1 atom stereocenters. The van der Waals surface area contributed by atoms with Crippen molar-refractivity contribution in [3.63, 3.8) is 0 Å². The van der Waals surface area contributed by atoms with Gasteiger partial charge in [0.25, 0.3) is 0 Å². The Bertz CT molecular complexity index is 140. The second-order valence-electron chi connectivity index (χ2n) is 2.81. The molecule has 1 unspecified atom stereocenters. The van der Waals surface area contributed by atoms with Crippen LogP contribution in [0, 0.1) is 0 Å². The van der Waals surface area contributed by atoms with Crippen LogP contribution in [0.2, 0.25) is 0 Å². The summed E-state index contributed by atoms with van der Waals surface area (Å²) in [5, 5.41) is 2.29. The first-order valence-corrected chi connectivity index (χ1v) is 5.11. The molecule has 0 aromatic carbocycles. The SMILES string of the molecule is CCOCCCCNC(=O)C(C)Cl. The molecule has 0 fully saturated rings. The third-order valence-corrected chi connectivity index (χ3v) is 1.78. The maximum absolute atomic E-state index is 11.0. The van der Waals surface area contributed by atoms with Gasteiger partial charge in [-0.3, -0.25) is 4.79 Å². The van der Waals surface area contributed by atoms with E-state index < -0.39 is 5.38 Å². The summed E-state index contributed by atoms with van der Waals surface area (Å²) >= 11 is 5.55. The molecule has 0 saturated carbocycles. The number of hydrogen-bond donors (Lipinski definition) is 1. The van der Waals surface area contributed by atoms with E-state index in [1.54, 1.807) is 6.92 Å². The van der Waals surface area contributed by atoms with Gasteiger partial charge in [-0.25, -0.2) is 0 Å². The Morgan fingerprint density at radius 1 is 1.54 bits per heavy atom. The summed E-state index contributed by atoms with van der Waals surface area (Å²) in [6.45, 7) is 5.84. The van der Waals surface area contributed by atoms with Gasteiger partial charge in [-0.15, -0.1) is 11.6 Å². The van der Waals surface area contributed by atoms with Gasteiger partial charge < -0.3 is 10.1 Å². The van der Waals surface area contributed by atoms with Gasteiger partial charge in [0.2, 0.25) is 5.91 Å². The van der Waals surface area contributed by atoms with Gasteiger partial charge in [-0.1, -0.05) is 0 Å². The minimum absolute atomic E-state index is 0.0990. The van der Waals surface area contributed by atoms with Crippen molar-refractivity contribution in [1.82, 2.24) is 5.32 Å². The Balaban J connectivity index is 3.12. The predicted molar refractivity (Wildman–Crippen MR) is 54.1 cm³/mol. The molecule has 0 bridgehead atoms. The van der Waals surface area contributed by atoms with Gasteiger partial charge in [-0.2, -0.15) is 0 Å². The smallest absolute Gasteiger partial charge is 0.237 e. The quantitative estimate of drug-likeness (QED) is 0.508. The molecule has 13 heavy (non-hydrogen) atoms. The molecule has 0 spiro atoms. The molecule has 1 amide bonds. The summed E-state index contributed by atoms with van der Waals surface area (Å²) in [7, 11) is 0. The minimum Gasteiger partial charge on any atom is -0.382 e. The Kier molecular flexibility index (Phi) is 8.14. The van der Waals surface area contributed by atoms with E-state index in [9.17, 15) is 4.79 Å².